The quantitative estimate of drug-likeness (QED) is 0.288. The van der Waals surface area contributed by atoms with Crippen LogP contribution in [0.1, 0.15) is 16.5 Å². The molecule has 0 aromatic carbocycles. The summed E-state index contributed by atoms with van der Waals surface area (Å²) in [5.41, 5.74) is 0. The molecule has 0 aliphatic carbocycles. The fourth-order valence-electron chi connectivity index (χ4n) is 3.44. The zero-order valence-electron chi connectivity index (χ0n) is 17.9. The second-order valence-electron chi connectivity index (χ2n) is 7.28. The number of pyridine rings is 1. The Kier molecular flexibility index (Phi) is 8.64. The number of anilines is 1. The number of halogens is 1. The second kappa shape index (κ2) is 11.4. The Bertz CT molecular complexity index is 949. The molecule has 0 amide bonds. The lowest BCUT2D eigenvalue weighted by atomic mass is 10.3. The van der Waals surface area contributed by atoms with Gasteiger partial charge in [-0.3, -0.25) is 0 Å². The number of aromatic nitrogens is 4. The first-order valence-corrected chi connectivity index (χ1v) is 11.1. The lowest BCUT2D eigenvalue weighted by molar-refractivity contribution is 0.370. The van der Waals surface area contributed by atoms with E-state index in [4.69, 9.17) is 4.99 Å². The molecular formula is C21H29IN8S. The highest BCUT2D eigenvalue weighted by Crippen LogP contribution is 2.13. The van der Waals surface area contributed by atoms with Gasteiger partial charge in [0.25, 0.3) is 0 Å². The van der Waals surface area contributed by atoms with Crippen molar-refractivity contribution in [3.8, 4) is 0 Å². The Balaban J connectivity index is 0.00000272. The van der Waals surface area contributed by atoms with Gasteiger partial charge in [0.05, 0.1) is 0 Å². The predicted octanol–water partition coefficient (Wildman–Crippen LogP) is 2.71. The number of rotatable bonds is 6. The van der Waals surface area contributed by atoms with Gasteiger partial charge < -0.3 is 19.7 Å². The highest BCUT2D eigenvalue weighted by atomic mass is 127. The molecule has 0 spiro atoms. The van der Waals surface area contributed by atoms with Crippen molar-refractivity contribution in [2.45, 2.75) is 19.9 Å². The maximum absolute atomic E-state index is 4.89. The average Bonchev–Trinajstić information content (AvgIpc) is 3.42. The van der Waals surface area contributed by atoms with Gasteiger partial charge >= 0.3 is 0 Å². The van der Waals surface area contributed by atoms with Gasteiger partial charge in [0.1, 0.15) is 18.2 Å². The van der Waals surface area contributed by atoms with Crippen molar-refractivity contribution in [2.24, 2.45) is 12.0 Å². The standard InChI is InChI=1S/C21H28N8S.HI/c1-17-25-26-20(27(17)2)16-24-21(23-10-8-18-6-5-15-30-18)29-13-11-28(12-14-29)19-7-3-4-9-22-19;/h3-7,9,15H,8,10-14,16H2,1-2H3,(H,23,24);1H. The monoisotopic (exact) mass is 552 g/mol. The van der Waals surface area contributed by atoms with Crippen LogP contribution in [0.5, 0.6) is 0 Å². The molecule has 1 saturated heterocycles. The topological polar surface area (TPSA) is 74.5 Å². The zero-order chi connectivity index (χ0) is 20.8. The number of nitrogens with one attached hydrogen (secondary N) is 1. The van der Waals surface area contributed by atoms with Gasteiger partial charge in [-0.25, -0.2) is 9.98 Å². The van der Waals surface area contributed by atoms with E-state index in [1.54, 1.807) is 11.3 Å². The summed E-state index contributed by atoms with van der Waals surface area (Å²) in [7, 11) is 1.98. The van der Waals surface area contributed by atoms with Crippen LogP contribution in [-0.4, -0.2) is 63.3 Å². The number of aliphatic imine (C=N–C) groups is 1. The van der Waals surface area contributed by atoms with Gasteiger partial charge in [-0.05, 0) is 36.9 Å². The Hall–Kier alpha value is -2.21. The van der Waals surface area contributed by atoms with Crippen LogP contribution in [0.15, 0.2) is 46.9 Å². The molecule has 0 unspecified atom stereocenters. The number of aryl methyl sites for hydroxylation is 1. The molecule has 31 heavy (non-hydrogen) atoms. The van der Waals surface area contributed by atoms with E-state index in [1.807, 2.05) is 36.9 Å². The minimum absolute atomic E-state index is 0. The van der Waals surface area contributed by atoms with Crippen LogP contribution in [-0.2, 0) is 20.0 Å². The Labute approximate surface area is 204 Å². The lowest BCUT2D eigenvalue weighted by Gasteiger charge is -2.37. The molecule has 0 radical (unpaired) electrons. The van der Waals surface area contributed by atoms with E-state index in [-0.39, 0.29) is 24.0 Å². The Morgan fingerprint density at radius 3 is 2.61 bits per heavy atom. The van der Waals surface area contributed by atoms with Gasteiger partial charge in [0.2, 0.25) is 0 Å². The summed E-state index contributed by atoms with van der Waals surface area (Å²) < 4.78 is 1.99. The third-order valence-corrected chi connectivity index (χ3v) is 6.28. The van der Waals surface area contributed by atoms with Crippen LogP contribution in [0.25, 0.3) is 0 Å². The molecule has 0 saturated carbocycles. The SMILES string of the molecule is Cc1nnc(CN=C(NCCc2cccs2)N2CCN(c3ccccn3)CC2)n1C.I. The van der Waals surface area contributed by atoms with Crippen molar-refractivity contribution in [1.29, 1.82) is 0 Å². The smallest absolute Gasteiger partial charge is 0.194 e. The summed E-state index contributed by atoms with van der Waals surface area (Å²) in [4.78, 5) is 15.4. The van der Waals surface area contributed by atoms with Crippen LogP contribution >= 0.6 is 35.3 Å². The largest absolute Gasteiger partial charge is 0.356 e. The summed E-state index contributed by atoms with van der Waals surface area (Å²) in [6.45, 7) is 6.98. The van der Waals surface area contributed by atoms with Gasteiger partial charge in [0, 0.05) is 50.8 Å². The van der Waals surface area contributed by atoms with E-state index in [1.165, 1.54) is 4.88 Å². The van der Waals surface area contributed by atoms with E-state index in [2.05, 4.69) is 53.9 Å². The summed E-state index contributed by atoms with van der Waals surface area (Å²) in [6.07, 6.45) is 2.84. The normalized spacial score (nSPS) is 14.5. The van der Waals surface area contributed by atoms with Crippen molar-refractivity contribution < 1.29 is 0 Å². The van der Waals surface area contributed by atoms with Crippen molar-refractivity contribution in [3.63, 3.8) is 0 Å². The van der Waals surface area contributed by atoms with Crippen LogP contribution in [0.2, 0.25) is 0 Å². The first-order chi connectivity index (χ1) is 14.7. The van der Waals surface area contributed by atoms with E-state index in [0.717, 1.165) is 62.6 Å². The number of hydrogen-bond donors (Lipinski definition) is 1. The molecule has 10 heteroatoms. The van der Waals surface area contributed by atoms with Gasteiger partial charge in [-0.15, -0.1) is 45.5 Å². The third-order valence-electron chi connectivity index (χ3n) is 5.34. The van der Waals surface area contributed by atoms with Gasteiger partial charge in [-0.2, -0.15) is 0 Å². The predicted molar refractivity (Wildman–Crippen MR) is 136 cm³/mol. The fraction of sp³-hybridized carbons (Fsp3) is 0.429. The van der Waals surface area contributed by atoms with Gasteiger partial charge in [-0.1, -0.05) is 12.1 Å². The molecule has 3 aromatic rings. The first-order valence-electron chi connectivity index (χ1n) is 10.3. The molecule has 1 aliphatic rings. The van der Waals surface area contributed by atoms with E-state index >= 15 is 0 Å². The Morgan fingerprint density at radius 2 is 1.97 bits per heavy atom. The zero-order valence-corrected chi connectivity index (χ0v) is 21.1. The molecule has 1 N–H and O–H groups in total. The maximum Gasteiger partial charge on any atom is 0.194 e. The molecule has 3 aromatic heterocycles. The molecule has 0 atom stereocenters. The molecule has 4 heterocycles. The summed E-state index contributed by atoms with van der Waals surface area (Å²) in [6, 6.07) is 10.3. The van der Waals surface area contributed by atoms with Crippen LogP contribution in [0.3, 0.4) is 0 Å². The van der Waals surface area contributed by atoms with E-state index in [9.17, 15) is 0 Å². The van der Waals surface area contributed by atoms with Crippen molar-refractivity contribution in [1.82, 2.24) is 30.0 Å². The minimum atomic E-state index is 0. The maximum atomic E-state index is 4.89. The number of thiophene rings is 1. The first kappa shape index (κ1) is 23.5. The number of piperazine rings is 1. The van der Waals surface area contributed by atoms with Gasteiger partial charge in [0.15, 0.2) is 11.8 Å². The van der Waals surface area contributed by atoms with Crippen molar-refractivity contribution in [3.05, 3.63) is 58.4 Å². The number of hydrogen-bond acceptors (Lipinski definition) is 6. The Morgan fingerprint density at radius 1 is 1.13 bits per heavy atom. The third kappa shape index (κ3) is 6.16. The number of guanidine groups is 1. The summed E-state index contributed by atoms with van der Waals surface area (Å²) in [5.74, 6) is 3.75. The minimum Gasteiger partial charge on any atom is -0.356 e. The molecular weight excluding hydrogens is 523 g/mol. The molecule has 8 nitrogen and oxygen atoms in total. The molecule has 4 rings (SSSR count). The molecule has 1 fully saturated rings. The second-order valence-corrected chi connectivity index (χ2v) is 8.31. The summed E-state index contributed by atoms with van der Waals surface area (Å²) in [5, 5.41) is 14.1. The lowest BCUT2D eigenvalue weighted by Crippen LogP contribution is -2.53. The average molecular weight is 552 g/mol. The highest BCUT2D eigenvalue weighted by molar-refractivity contribution is 14.0. The van der Waals surface area contributed by atoms with Crippen molar-refractivity contribution in [2.75, 3.05) is 37.6 Å². The van der Waals surface area contributed by atoms with Crippen LogP contribution in [0.4, 0.5) is 5.82 Å². The van der Waals surface area contributed by atoms with E-state index in [0.29, 0.717) is 6.54 Å². The summed E-state index contributed by atoms with van der Waals surface area (Å²) >= 11 is 1.79. The highest BCUT2D eigenvalue weighted by Gasteiger charge is 2.21. The fourth-order valence-corrected chi connectivity index (χ4v) is 4.15. The van der Waals surface area contributed by atoms with Crippen molar-refractivity contribution >= 4 is 47.1 Å². The van der Waals surface area contributed by atoms with Crippen LogP contribution in [0, 0.1) is 6.92 Å². The number of nitrogens with zero attached hydrogens (tertiary/aromatic N) is 7. The molecule has 1 aliphatic heterocycles. The van der Waals surface area contributed by atoms with Crippen LogP contribution < -0.4 is 10.2 Å². The molecule has 166 valence electrons. The molecule has 0 bridgehead atoms. The van der Waals surface area contributed by atoms with E-state index < -0.39 is 0 Å².